The summed E-state index contributed by atoms with van der Waals surface area (Å²) in [6, 6.07) is 17.5. The monoisotopic (exact) mass is 491 g/mol. The van der Waals surface area contributed by atoms with Crippen LogP contribution < -0.4 is 29.7 Å². The third-order valence-electron chi connectivity index (χ3n) is 4.95. The predicted molar refractivity (Wildman–Crippen MR) is 138 cm³/mol. The quantitative estimate of drug-likeness (QED) is 0.308. The summed E-state index contributed by atoms with van der Waals surface area (Å²) < 4.78 is 21.7. The second-order valence-corrected chi connectivity index (χ2v) is 7.61. The molecule has 188 valence electrons. The number of hydrogen-bond acceptors (Lipinski definition) is 7. The van der Waals surface area contributed by atoms with Gasteiger partial charge in [0.2, 0.25) is 0 Å². The maximum Gasteiger partial charge on any atom is 0.271 e. The van der Waals surface area contributed by atoms with Crippen LogP contribution in [0.3, 0.4) is 0 Å². The summed E-state index contributed by atoms with van der Waals surface area (Å²) in [5.41, 5.74) is 5.27. The fraction of sp³-hybridized carbons (Fsp3) is 0.222. The van der Waals surface area contributed by atoms with Crippen molar-refractivity contribution < 1.29 is 28.5 Å². The van der Waals surface area contributed by atoms with E-state index in [0.29, 0.717) is 46.4 Å². The van der Waals surface area contributed by atoms with Gasteiger partial charge in [0.15, 0.2) is 29.6 Å². The zero-order chi connectivity index (χ0) is 25.9. The van der Waals surface area contributed by atoms with E-state index < -0.39 is 5.91 Å². The SMILES string of the molecule is CCOc1cc(/C=N/NC(=O)c2ccc(OC)c(OC)c2)ccc1OCC(=O)Nc1cccc(C)c1. The average molecular weight is 492 g/mol. The van der Waals surface area contributed by atoms with E-state index in [1.165, 1.54) is 20.4 Å². The van der Waals surface area contributed by atoms with Crippen LogP contribution in [0.1, 0.15) is 28.4 Å². The number of amides is 2. The van der Waals surface area contributed by atoms with Gasteiger partial charge in [0.05, 0.1) is 27.0 Å². The predicted octanol–water partition coefficient (Wildman–Crippen LogP) is 4.19. The van der Waals surface area contributed by atoms with Gasteiger partial charge in [0.1, 0.15) is 0 Å². The summed E-state index contributed by atoms with van der Waals surface area (Å²) in [4.78, 5) is 24.7. The summed E-state index contributed by atoms with van der Waals surface area (Å²) in [6.07, 6.45) is 1.48. The minimum Gasteiger partial charge on any atom is -0.493 e. The van der Waals surface area contributed by atoms with Crippen LogP contribution in [0, 0.1) is 6.92 Å². The molecule has 0 bridgehead atoms. The zero-order valence-electron chi connectivity index (χ0n) is 20.7. The number of hydrogen-bond donors (Lipinski definition) is 2. The topological polar surface area (TPSA) is 107 Å². The van der Waals surface area contributed by atoms with Gasteiger partial charge in [-0.25, -0.2) is 5.43 Å². The van der Waals surface area contributed by atoms with Crippen molar-refractivity contribution in [3.05, 3.63) is 77.4 Å². The largest absolute Gasteiger partial charge is 0.493 e. The van der Waals surface area contributed by atoms with Gasteiger partial charge in [-0.05, 0) is 73.5 Å². The molecule has 0 spiro atoms. The third kappa shape index (κ3) is 7.23. The molecule has 0 aliphatic heterocycles. The molecule has 3 aromatic carbocycles. The van der Waals surface area contributed by atoms with Crippen molar-refractivity contribution in [2.45, 2.75) is 13.8 Å². The van der Waals surface area contributed by atoms with Crippen molar-refractivity contribution >= 4 is 23.7 Å². The Balaban J connectivity index is 1.61. The number of aryl methyl sites for hydroxylation is 1. The smallest absolute Gasteiger partial charge is 0.271 e. The number of benzene rings is 3. The number of carbonyl (C=O) groups excluding carboxylic acids is 2. The Morgan fingerprint density at radius 1 is 0.889 bits per heavy atom. The molecule has 36 heavy (non-hydrogen) atoms. The van der Waals surface area contributed by atoms with E-state index >= 15 is 0 Å². The Labute approximate surface area is 210 Å². The van der Waals surface area contributed by atoms with E-state index in [1.54, 1.807) is 36.4 Å². The minimum atomic E-state index is -0.406. The van der Waals surface area contributed by atoms with Crippen molar-refractivity contribution in [3.8, 4) is 23.0 Å². The lowest BCUT2D eigenvalue weighted by Gasteiger charge is -2.13. The van der Waals surface area contributed by atoms with Crippen molar-refractivity contribution in [2.24, 2.45) is 5.10 Å². The maximum absolute atomic E-state index is 12.4. The standard InChI is InChI=1S/C27H29N3O6/c1-5-35-25-14-19(16-28-30-27(32)20-10-12-22(33-3)24(15-20)34-4)9-11-23(25)36-17-26(31)29-21-8-6-7-18(2)13-21/h6-16H,5,17H2,1-4H3,(H,29,31)(H,30,32)/b28-16+. The molecule has 2 amide bonds. The summed E-state index contributed by atoms with van der Waals surface area (Å²) in [7, 11) is 3.02. The fourth-order valence-corrected chi connectivity index (χ4v) is 3.26. The highest BCUT2D eigenvalue weighted by molar-refractivity contribution is 5.95. The van der Waals surface area contributed by atoms with Crippen molar-refractivity contribution in [2.75, 3.05) is 32.8 Å². The van der Waals surface area contributed by atoms with Crippen LogP contribution in [0.25, 0.3) is 0 Å². The molecular formula is C27H29N3O6. The number of nitrogens with one attached hydrogen (secondary N) is 2. The molecule has 3 rings (SSSR count). The maximum atomic E-state index is 12.4. The van der Waals surface area contributed by atoms with Gasteiger partial charge < -0.3 is 24.3 Å². The van der Waals surface area contributed by atoms with Gasteiger partial charge in [0.25, 0.3) is 11.8 Å². The molecule has 0 heterocycles. The average Bonchev–Trinajstić information content (AvgIpc) is 2.88. The molecule has 9 nitrogen and oxygen atoms in total. The Bertz CT molecular complexity index is 1240. The first-order chi connectivity index (χ1) is 17.4. The van der Waals surface area contributed by atoms with Crippen LogP contribution in [0.2, 0.25) is 0 Å². The van der Waals surface area contributed by atoms with E-state index in [0.717, 1.165) is 5.56 Å². The summed E-state index contributed by atoms with van der Waals surface area (Å²) >= 11 is 0. The fourth-order valence-electron chi connectivity index (χ4n) is 3.26. The van der Waals surface area contributed by atoms with Crippen molar-refractivity contribution in [1.82, 2.24) is 5.43 Å². The van der Waals surface area contributed by atoms with Gasteiger partial charge in [-0.2, -0.15) is 5.10 Å². The lowest BCUT2D eigenvalue weighted by molar-refractivity contribution is -0.118. The normalized spacial score (nSPS) is 10.6. The number of ether oxygens (including phenoxy) is 4. The van der Waals surface area contributed by atoms with E-state index in [2.05, 4.69) is 15.8 Å². The highest BCUT2D eigenvalue weighted by Gasteiger charge is 2.11. The molecular weight excluding hydrogens is 462 g/mol. The molecule has 9 heteroatoms. The lowest BCUT2D eigenvalue weighted by Crippen LogP contribution is -2.20. The number of nitrogens with zero attached hydrogens (tertiary/aromatic N) is 1. The van der Waals surface area contributed by atoms with Gasteiger partial charge in [-0.1, -0.05) is 12.1 Å². The molecule has 0 aliphatic rings. The lowest BCUT2D eigenvalue weighted by atomic mass is 10.2. The molecule has 0 fully saturated rings. The van der Waals surface area contributed by atoms with Gasteiger partial charge in [-0.15, -0.1) is 0 Å². The highest BCUT2D eigenvalue weighted by Crippen LogP contribution is 2.29. The van der Waals surface area contributed by atoms with Gasteiger partial charge in [0, 0.05) is 11.3 Å². The summed E-state index contributed by atoms with van der Waals surface area (Å²) in [5.74, 6) is 1.15. The molecule has 0 radical (unpaired) electrons. The van der Waals surface area contributed by atoms with Crippen LogP contribution in [0.4, 0.5) is 5.69 Å². The molecule has 3 aromatic rings. The molecule has 2 N–H and O–H groups in total. The Hall–Kier alpha value is -4.53. The summed E-state index contributed by atoms with van der Waals surface area (Å²) in [5, 5.41) is 6.82. The van der Waals surface area contributed by atoms with E-state index in [-0.39, 0.29) is 12.5 Å². The molecule has 0 atom stereocenters. The number of methoxy groups -OCH3 is 2. The van der Waals surface area contributed by atoms with E-state index in [1.807, 2.05) is 38.1 Å². The number of carbonyl (C=O) groups is 2. The van der Waals surface area contributed by atoms with Gasteiger partial charge >= 0.3 is 0 Å². The Morgan fingerprint density at radius 2 is 1.67 bits per heavy atom. The molecule has 0 aliphatic carbocycles. The summed E-state index contributed by atoms with van der Waals surface area (Å²) in [6.45, 7) is 4.02. The van der Waals surface area contributed by atoms with E-state index in [9.17, 15) is 9.59 Å². The van der Waals surface area contributed by atoms with Gasteiger partial charge in [-0.3, -0.25) is 9.59 Å². The Morgan fingerprint density at radius 3 is 2.39 bits per heavy atom. The molecule has 0 saturated carbocycles. The van der Waals surface area contributed by atoms with Crippen LogP contribution in [-0.2, 0) is 4.79 Å². The van der Waals surface area contributed by atoms with Crippen molar-refractivity contribution in [1.29, 1.82) is 0 Å². The third-order valence-corrected chi connectivity index (χ3v) is 4.95. The van der Waals surface area contributed by atoms with E-state index in [4.69, 9.17) is 18.9 Å². The second-order valence-electron chi connectivity index (χ2n) is 7.61. The van der Waals surface area contributed by atoms with Crippen LogP contribution in [0.15, 0.2) is 65.8 Å². The van der Waals surface area contributed by atoms with Crippen LogP contribution in [0.5, 0.6) is 23.0 Å². The molecule has 0 aromatic heterocycles. The minimum absolute atomic E-state index is 0.178. The number of anilines is 1. The first-order valence-corrected chi connectivity index (χ1v) is 11.2. The molecule has 0 saturated heterocycles. The first kappa shape index (κ1) is 26.1. The zero-order valence-corrected chi connectivity index (χ0v) is 20.7. The highest BCUT2D eigenvalue weighted by atomic mass is 16.5. The number of hydrazone groups is 1. The van der Waals surface area contributed by atoms with Crippen molar-refractivity contribution in [3.63, 3.8) is 0 Å². The Kier molecular flexibility index (Phi) is 9.27. The van der Waals surface area contributed by atoms with Crippen LogP contribution >= 0.6 is 0 Å². The second kappa shape index (κ2) is 12.8. The van der Waals surface area contributed by atoms with Crippen LogP contribution in [-0.4, -0.2) is 45.5 Å². The molecule has 0 unspecified atom stereocenters. The number of rotatable bonds is 11. The first-order valence-electron chi connectivity index (χ1n) is 11.2.